The number of nitrogens with zero attached hydrogens (tertiary/aromatic N) is 2. The fourth-order valence-electron chi connectivity index (χ4n) is 2.62. The van der Waals surface area contributed by atoms with Gasteiger partial charge < -0.3 is 10.1 Å². The number of benzene rings is 2. The van der Waals surface area contributed by atoms with Crippen LogP contribution in [-0.4, -0.2) is 27.3 Å². The van der Waals surface area contributed by atoms with E-state index in [1.807, 2.05) is 6.07 Å². The van der Waals surface area contributed by atoms with Gasteiger partial charge in [0.15, 0.2) is 5.16 Å². The van der Waals surface area contributed by atoms with Crippen LogP contribution < -0.4 is 5.56 Å². The van der Waals surface area contributed by atoms with Gasteiger partial charge in [-0.05, 0) is 29.5 Å². The first-order valence-corrected chi connectivity index (χ1v) is 8.79. The minimum Gasteiger partial charge on any atom is -0.478 e. The summed E-state index contributed by atoms with van der Waals surface area (Å²) in [5.74, 6) is -1.03. The normalized spacial score (nSPS) is 10.3. The van der Waals surface area contributed by atoms with Gasteiger partial charge in [-0.15, -0.1) is 0 Å². The first-order valence-electron chi connectivity index (χ1n) is 7.56. The summed E-state index contributed by atoms with van der Waals surface area (Å²) in [6.07, 6.45) is 1.77. The minimum atomic E-state index is -1.03. The maximum atomic E-state index is 12.1. The molecule has 1 aromatic heterocycles. The van der Waals surface area contributed by atoms with Crippen molar-refractivity contribution in [2.75, 3.05) is 6.26 Å². The van der Waals surface area contributed by atoms with Gasteiger partial charge in [0.2, 0.25) is 0 Å². The van der Waals surface area contributed by atoms with Crippen molar-refractivity contribution in [3.05, 3.63) is 70.0 Å². The molecule has 7 heteroatoms. The Bertz CT molecular complexity index is 1100. The van der Waals surface area contributed by atoms with Crippen molar-refractivity contribution in [2.24, 2.45) is 0 Å². The van der Waals surface area contributed by atoms with E-state index >= 15 is 0 Å². The van der Waals surface area contributed by atoms with E-state index in [-0.39, 0.29) is 16.8 Å². The van der Waals surface area contributed by atoms with Crippen LogP contribution in [0.5, 0.6) is 0 Å². The molecule has 1 heterocycles. The first kappa shape index (κ1) is 17.5. The SMILES string of the molecule is CSc1nc(-c2cccc(-c3ccccc3C(=O)O)c2)c(C#N)c(=O)[nH]1. The van der Waals surface area contributed by atoms with E-state index in [0.29, 0.717) is 21.8 Å². The molecule has 0 saturated heterocycles. The molecule has 0 radical (unpaired) electrons. The van der Waals surface area contributed by atoms with Gasteiger partial charge in [0.1, 0.15) is 11.6 Å². The Hall–Kier alpha value is -3.37. The van der Waals surface area contributed by atoms with Crippen molar-refractivity contribution in [3.63, 3.8) is 0 Å². The molecule has 6 nitrogen and oxygen atoms in total. The summed E-state index contributed by atoms with van der Waals surface area (Å²) in [5.41, 5.74) is 1.65. The van der Waals surface area contributed by atoms with Crippen molar-refractivity contribution in [2.45, 2.75) is 5.16 Å². The van der Waals surface area contributed by atoms with Crippen LogP contribution in [0.4, 0.5) is 0 Å². The number of carbonyl (C=O) groups is 1. The molecule has 26 heavy (non-hydrogen) atoms. The number of thioether (sulfide) groups is 1. The molecular formula is C19H13N3O3S. The van der Waals surface area contributed by atoms with Crippen molar-refractivity contribution < 1.29 is 9.90 Å². The number of rotatable bonds is 4. The highest BCUT2D eigenvalue weighted by Gasteiger charge is 2.15. The molecule has 0 aliphatic rings. The third-order valence-corrected chi connectivity index (χ3v) is 4.39. The molecule has 0 aliphatic carbocycles. The summed E-state index contributed by atoms with van der Waals surface area (Å²) in [6, 6.07) is 15.5. The average Bonchev–Trinajstić information content (AvgIpc) is 2.67. The fourth-order valence-corrected chi connectivity index (χ4v) is 2.99. The molecule has 3 aromatic rings. The number of nitrogens with one attached hydrogen (secondary N) is 1. The number of H-pyrrole nitrogens is 1. The lowest BCUT2D eigenvalue weighted by atomic mass is 9.96. The summed E-state index contributed by atoms with van der Waals surface area (Å²) in [6.45, 7) is 0. The average molecular weight is 363 g/mol. The van der Waals surface area contributed by atoms with Crippen molar-refractivity contribution in [3.8, 4) is 28.5 Å². The molecule has 0 bridgehead atoms. The highest BCUT2D eigenvalue weighted by molar-refractivity contribution is 7.98. The second-order valence-electron chi connectivity index (χ2n) is 5.34. The Morgan fingerprint density at radius 1 is 1.19 bits per heavy atom. The van der Waals surface area contributed by atoms with Gasteiger partial charge in [-0.3, -0.25) is 4.79 Å². The Labute approximate surface area is 153 Å². The van der Waals surface area contributed by atoms with Gasteiger partial charge in [0.25, 0.3) is 5.56 Å². The molecule has 128 valence electrons. The van der Waals surface area contributed by atoms with Gasteiger partial charge >= 0.3 is 5.97 Å². The van der Waals surface area contributed by atoms with E-state index in [0.717, 1.165) is 0 Å². The zero-order valence-corrected chi connectivity index (χ0v) is 14.5. The highest BCUT2D eigenvalue weighted by atomic mass is 32.2. The number of carboxylic acids is 1. The minimum absolute atomic E-state index is 0.0773. The molecule has 0 fully saturated rings. The molecule has 0 saturated carbocycles. The highest BCUT2D eigenvalue weighted by Crippen LogP contribution is 2.29. The van der Waals surface area contributed by atoms with Crippen LogP contribution in [0.3, 0.4) is 0 Å². The molecule has 3 rings (SSSR count). The van der Waals surface area contributed by atoms with Crippen LogP contribution in [0, 0.1) is 11.3 Å². The number of hydrogen-bond acceptors (Lipinski definition) is 5. The number of aromatic carboxylic acids is 1. The third kappa shape index (κ3) is 3.23. The zero-order valence-electron chi connectivity index (χ0n) is 13.7. The van der Waals surface area contributed by atoms with Crippen LogP contribution in [0.25, 0.3) is 22.4 Å². The molecule has 0 unspecified atom stereocenters. The van der Waals surface area contributed by atoms with Gasteiger partial charge in [0.05, 0.1) is 11.3 Å². The molecule has 2 N–H and O–H groups in total. The van der Waals surface area contributed by atoms with Crippen molar-refractivity contribution in [1.29, 1.82) is 5.26 Å². The molecule has 2 aromatic carbocycles. The van der Waals surface area contributed by atoms with E-state index in [4.69, 9.17) is 0 Å². The largest absolute Gasteiger partial charge is 0.478 e. The first-order chi connectivity index (χ1) is 12.5. The lowest BCUT2D eigenvalue weighted by Gasteiger charge is -2.09. The predicted octanol–water partition coefficient (Wildman–Crippen LogP) is 3.40. The molecule has 0 aliphatic heterocycles. The van der Waals surface area contributed by atoms with Gasteiger partial charge in [-0.1, -0.05) is 48.2 Å². The quantitative estimate of drug-likeness (QED) is 0.543. The molecule has 0 atom stereocenters. The Morgan fingerprint density at radius 2 is 1.92 bits per heavy atom. The number of carboxylic acid groups (broad SMARTS) is 1. The van der Waals surface area contributed by atoms with Crippen LogP contribution in [0.15, 0.2) is 58.5 Å². The predicted molar refractivity (Wildman–Crippen MR) is 99.2 cm³/mol. The number of nitriles is 1. The second kappa shape index (κ2) is 7.25. The number of aromatic amines is 1. The van der Waals surface area contributed by atoms with Gasteiger partial charge in [0, 0.05) is 5.56 Å². The number of hydrogen-bond donors (Lipinski definition) is 2. The van der Waals surface area contributed by atoms with Crippen LogP contribution >= 0.6 is 11.8 Å². The fraction of sp³-hybridized carbons (Fsp3) is 0.0526. The van der Waals surface area contributed by atoms with E-state index < -0.39 is 11.5 Å². The summed E-state index contributed by atoms with van der Waals surface area (Å²) in [5, 5.41) is 19.1. The molecule has 0 amide bonds. The van der Waals surface area contributed by atoms with E-state index in [2.05, 4.69) is 9.97 Å². The number of aromatic nitrogens is 2. The monoisotopic (exact) mass is 363 g/mol. The van der Waals surface area contributed by atoms with Crippen LogP contribution in [-0.2, 0) is 0 Å². The lowest BCUT2D eigenvalue weighted by Crippen LogP contribution is -2.14. The summed E-state index contributed by atoms with van der Waals surface area (Å²) in [7, 11) is 0. The lowest BCUT2D eigenvalue weighted by molar-refractivity contribution is 0.0697. The van der Waals surface area contributed by atoms with Crippen LogP contribution in [0.2, 0.25) is 0 Å². The smallest absolute Gasteiger partial charge is 0.336 e. The Balaban J connectivity index is 2.22. The summed E-state index contributed by atoms with van der Waals surface area (Å²) < 4.78 is 0. The van der Waals surface area contributed by atoms with E-state index in [1.54, 1.807) is 48.7 Å². The Morgan fingerprint density at radius 3 is 2.62 bits per heavy atom. The summed E-state index contributed by atoms with van der Waals surface area (Å²) in [4.78, 5) is 30.5. The molecular weight excluding hydrogens is 350 g/mol. The van der Waals surface area contributed by atoms with E-state index in [1.165, 1.54) is 17.8 Å². The maximum absolute atomic E-state index is 12.1. The van der Waals surface area contributed by atoms with Gasteiger partial charge in [-0.25, -0.2) is 9.78 Å². The zero-order chi connectivity index (χ0) is 18.7. The second-order valence-corrected chi connectivity index (χ2v) is 6.14. The van der Waals surface area contributed by atoms with Gasteiger partial charge in [-0.2, -0.15) is 5.26 Å². The topological polar surface area (TPSA) is 107 Å². The van der Waals surface area contributed by atoms with Crippen LogP contribution in [0.1, 0.15) is 15.9 Å². The summed E-state index contributed by atoms with van der Waals surface area (Å²) >= 11 is 1.26. The third-order valence-electron chi connectivity index (χ3n) is 3.81. The van der Waals surface area contributed by atoms with E-state index in [9.17, 15) is 20.0 Å². The van der Waals surface area contributed by atoms with Crippen molar-refractivity contribution >= 4 is 17.7 Å². The standard InChI is InChI=1S/C19H13N3O3S/c1-26-19-21-16(15(10-20)17(23)22-19)12-6-4-5-11(9-12)13-7-2-3-8-14(13)18(24)25/h2-9H,1H3,(H,24,25)(H,21,22,23). The van der Waals surface area contributed by atoms with Crippen molar-refractivity contribution in [1.82, 2.24) is 9.97 Å². The molecule has 0 spiro atoms. The maximum Gasteiger partial charge on any atom is 0.336 e. The Kier molecular flexibility index (Phi) is 4.87.